The molecule has 0 aromatic heterocycles. The van der Waals surface area contributed by atoms with Gasteiger partial charge < -0.3 is 15.0 Å². The summed E-state index contributed by atoms with van der Waals surface area (Å²) in [6.45, 7) is 2.22. The van der Waals surface area contributed by atoms with E-state index in [9.17, 15) is 14.7 Å². The molecule has 0 saturated heterocycles. The standard InChI is InChI=1S/C8H6O4.C5H13P.K/c9-7(10)5-3-1-2-4-6(5)8(11)12;1-2-3-4-5-6;/h1-4H,(H,9,10)(H,11,12);2-6H2,1H3;/q;;+1/p-1. The summed E-state index contributed by atoms with van der Waals surface area (Å²) in [5.41, 5.74) is -0.553. The summed E-state index contributed by atoms with van der Waals surface area (Å²) >= 11 is 0. The molecule has 100 valence electrons. The van der Waals surface area contributed by atoms with Crippen molar-refractivity contribution in [3.63, 3.8) is 0 Å². The number of hydrogen-bond donors (Lipinski definition) is 1. The second-order valence-corrected chi connectivity index (χ2v) is 4.21. The van der Waals surface area contributed by atoms with Gasteiger partial charge in [-0.2, -0.15) is 0 Å². The molecule has 0 fully saturated rings. The van der Waals surface area contributed by atoms with Crippen LogP contribution in [0.1, 0.15) is 46.9 Å². The molecule has 0 amide bonds. The van der Waals surface area contributed by atoms with Crippen molar-refractivity contribution in [2.45, 2.75) is 26.2 Å². The first kappa shape index (κ1) is 21.5. The zero-order valence-electron chi connectivity index (χ0n) is 11.4. The molecule has 0 bridgehead atoms. The maximum absolute atomic E-state index is 10.4. The topological polar surface area (TPSA) is 77.4 Å². The second kappa shape index (κ2) is 13.2. The summed E-state index contributed by atoms with van der Waals surface area (Å²) < 4.78 is 0. The third kappa shape index (κ3) is 9.71. The molecular weight excluding hydrogens is 290 g/mol. The normalized spacial score (nSPS) is 8.74. The van der Waals surface area contributed by atoms with Crippen LogP contribution in [0.15, 0.2) is 24.3 Å². The molecule has 0 aliphatic rings. The van der Waals surface area contributed by atoms with Crippen molar-refractivity contribution < 1.29 is 71.2 Å². The van der Waals surface area contributed by atoms with Gasteiger partial charge in [-0.05, 0) is 18.6 Å². The molecule has 0 saturated carbocycles. The van der Waals surface area contributed by atoms with Gasteiger partial charge in [-0.25, -0.2) is 4.79 Å². The van der Waals surface area contributed by atoms with Crippen LogP contribution in [-0.2, 0) is 0 Å². The molecule has 6 heteroatoms. The number of hydrogen-bond acceptors (Lipinski definition) is 3. The van der Waals surface area contributed by atoms with Crippen LogP contribution in [0.4, 0.5) is 0 Å². The molecule has 1 atom stereocenters. The van der Waals surface area contributed by atoms with Crippen LogP contribution in [-0.4, -0.2) is 23.2 Å². The van der Waals surface area contributed by atoms with Crippen molar-refractivity contribution in [3.8, 4) is 0 Å². The van der Waals surface area contributed by atoms with E-state index in [4.69, 9.17) is 5.11 Å². The Morgan fingerprint density at radius 2 is 1.74 bits per heavy atom. The number of carbonyl (C=O) groups excluding carboxylic acids is 1. The number of carboxylic acids is 2. The van der Waals surface area contributed by atoms with Crippen molar-refractivity contribution in [1.82, 2.24) is 0 Å². The summed E-state index contributed by atoms with van der Waals surface area (Å²) in [6.07, 6.45) is 5.38. The van der Waals surface area contributed by atoms with Gasteiger partial charge in [0.05, 0.1) is 11.5 Å². The van der Waals surface area contributed by atoms with Crippen molar-refractivity contribution in [3.05, 3.63) is 35.4 Å². The van der Waals surface area contributed by atoms with E-state index in [0.29, 0.717) is 0 Å². The summed E-state index contributed by atoms with van der Waals surface area (Å²) in [5, 5.41) is 18.9. The molecular formula is C13H18KO4P. The largest absolute Gasteiger partial charge is 1.00 e. The Kier molecular flexibility index (Phi) is 15.0. The smallest absolute Gasteiger partial charge is 0.545 e. The molecule has 1 aromatic carbocycles. The summed E-state index contributed by atoms with van der Waals surface area (Å²) in [6, 6.07) is 5.31. The van der Waals surface area contributed by atoms with E-state index >= 15 is 0 Å². The van der Waals surface area contributed by atoms with Crippen LogP contribution >= 0.6 is 9.24 Å². The molecule has 4 nitrogen and oxygen atoms in total. The van der Waals surface area contributed by atoms with E-state index in [1.165, 1.54) is 49.7 Å². The molecule has 1 unspecified atom stereocenters. The Labute approximate surface area is 158 Å². The van der Waals surface area contributed by atoms with Gasteiger partial charge in [-0.3, -0.25) is 0 Å². The van der Waals surface area contributed by atoms with E-state index in [0.717, 1.165) is 0 Å². The second-order valence-electron chi connectivity index (χ2n) is 3.63. The fourth-order valence-electron chi connectivity index (χ4n) is 1.24. The van der Waals surface area contributed by atoms with Crippen LogP contribution in [0.2, 0.25) is 0 Å². The number of aromatic carboxylic acids is 2. The van der Waals surface area contributed by atoms with E-state index < -0.39 is 11.9 Å². The molecule has 0 heterocycles. The summed E-state index contributed by atoms with van der Waals surface area (Å²) in [4.78, 5) is 20.8. The van der Waals surface area contributed by atoms with Crippen molar-refractivity contribution in [1.29, 1.82) is 0 Å². The summed E-state index contributed by atoms with van der Waals surface area (Å²) in [5.74, 6) is -2.75. The summed E-state index contributed by atoms with van der Waals surface area (Å²) in [7, 11) is 2.73. The maximum Gasteiger partial charge on any atom is 1.00 e. The number of benzene rings is 1. The third-order valence-electron chi connectivity index (χ3n) is 2.19. The Morgan fingerprint density at radius 3 is 2.00 bits per heavy atom. The van der Waals surface area contributed by atoms with Gasteiger partial charge in [-0.15, -0.1) is 9.24 Å². The van der Waals surface area contributed by atoms with Gasteiger partial charge in [-0.1, -0.05) is 38.0 Å². The van der Waals surface area contributed by atoms with E-state index in [1.807, 2.05) is 0 Å². The quantitative estimate of drug-likeness (QED) is 0.421. The molecule has 0 spiro atoms. The van der Waals surface area contributed by atoms with Crippen molar-refractivity contribution in [2.24, 2.45) is 0 Å². The van der Waals surface area contributed by atoms with Crippen LogP contribution in [0.5, 0.6) is 0 Å². The zero-order valence-corrected chi connectivity index (χ0v) is 15.7. The molecule has 1 N–H and O–H groups in total. The van der Waals surface area contributed by atoms with E-state index in [1.54, 1.807) is 0 Å². The third-order valence-corrected chi connectivity index (χ3v) is 2.59. The van der Waals surface area contributed by atoms with Gasteiger partial charge in [0.25, 0.3) is 0 Å². The minimum atomic E-state index is -1.48. The SMILES string of the molecule is CCCCCP.O=C([O-])c1ccccc1C(=O)O.[K+]. The van der Waals surface area contributed by atoms with Crippen molar-refractivity contribution in [2.75, 3.05) is 6.16 Å². The molecule has 0 aliphatic heterocycles. The Morgan fingerprint density at radius 1 is 1.21 bits per heavy atom. The predicted molar refractivity (Wildman–Crippen MR) is 71.8 cm³/mol. The van der Waals surface area contributed by atoms with E-state index in [2.05, 4.69) is 16.2 Å². The molecule has 19 heavy (non-hydrogen) atoms. The first-order chi connectivity index (χ1) is 8.54. The van der Waals surface area contributed by atoms with Crippen LogP contribution in [0.25, 0.3) is 0 Å². The molecule has 1 rings (SSSR count). The Balaban J connectivity index is 0. The van der Waals surface area contributed by atoms with Gasteiger partial charge in [0.2, 0.25) is 0 Å². The van der Waals surface area contributed by atoms with Crippen LogP contribution in [0, 0.1) is 0 Å². The van der Waals surface area contributed by atoms with Gasteiger partial charge >= 0.3 is 57.4 Å². The molecule has 0 aliphatic carbocycles. The fraction of sp³-hybridized carbons (Fsp3) is 0.385. The minimum Gasteiger partial charge on any atom is -0.545 e. The predicted octanol–water partition coefficient (Wildman–Crippen LogP) is -1.20. The van der Waals surface area contributed by atoms with Gasteiger partial charge in [0.15, 0.2) is 0 Å². The van der Waals surface area contributed by atoms with E-state index in [-0.39, 0.29) is 62.5 Å². The first-order valence-corrected chi connectivity index (χ1v) is 6.60. The molecule has 1 aromatic rings. The Hall–Kier alpha value is 0.226. The van der Waals surface area contributed by atoms with Crippen LogP contribution in [0.3, 0.4) is 0 Å². The Bertz CT molecular complexity index is 359. The first-order valence-electron chi connectivity index (χ1n) is 5.78. The average molecular weight is 308 g/mol. The average Bonchev–Trinajstić information content (AvgIpc) is 2.37. The molecule has 0 radical (unpaired) electrons. The van der Waals surface area contributed by atoms with Crippen LogP contribution < -0.4 is 56.5 Å². The van der Waals surface area contributed by atoms with Gasteiger partial charge in [0.1, 0.15) is 0 Å². The number of carbonyl (C=O) groups is 2. The maximum atomic E-state index is 10.4. The fourth-order valence-corrected chi connectivity index (χ4v) is 1.53. The van der Waals surface area contributed by atoms with Crippen molar-refractivity contribution >= 4 is 21.2 Å². The number of unbranched alkanes of at least 4 members (excludes halogenated alkanes) is 2. The number of carboxylic acid groups (broad SMARTS) is 2. The zero-order chi connectivity index (χ0) is 14.0. The van der Waals surface area contributed by atoms with Gasteiger partial charge in [0, 0.05) is 5.56 Å². The number of rotatable bonds is 5. The monoisotopic (exact) mass is 308 g/mol. The minimum absolute atomic E-state index is 0.